The highest BCUT2D eigenvalue weighted by molar-refractivity contribution is 5.97. The third-order valence-electron chi connectivity index (χ3n) is 15.6. The fourth-order valence-corrected chi connectivity index (χ4v) is 13.9. The zero-order valence-corrected chi connectivity index (χ0v) is 27.9. The van der Waals surface area contributed by atoms with Gasteiger partial charge >= 0.3 is 23.9 Å². The third-order valence-corrected chi connectivity index (χ3v) is 15.6. The highest BCUT2D eigenvalue weighted by Crippen LogP contribution is 2.75. The van der Waals surface area contributed by atoms with Crippen molar-refractivity contribution in [1.29, 1.82) is 0 Å². The van der Waals surface area contributed by atoms with E-state index in [0.717, 1.165) is 25.7 Å². The molecule has 10 fully saturated rings. The smallest absolute Gasteiger partial charge is 0.317 e. The maximum atomic E-state index is 12.4. The Morgan fingerprint density at radius 1 is 0.404 bits per heavy atom. The maximum absolute atomic E-state index is 12.4. The number of esters is 4. The summed E-state index contributed by atoms with van der Waals surface area (Å²) < 4.78 is 37.4. The molecule has 6 saturated carbocycles. The first-order valence-electron chi connectivity index (χ1n) is 18.4. The summed E-state index contributed by atoms with van der Waals surface area (Å²) in [6.07, 6.45) is 7.56. The minimum absolute atomic E-state index is 0.00819. The number of hydrogen-bond acceptors (Lipinski definition) is 10. The van der Waals surface area contributed by atoms with Crippen LogP contribution in [0.3, 0.4) is 0 Å². The number of carbonyl (C=O) groups excluding carboxylic acids is 4. The molecule has 0 radical (unpaired) electrons. The van der Waals surface area contributed by atoms with Crippen LogP contribution in [0, 0.1) is 63.6 Å². The summed E-state index contributed by atoms with van der Waals surface area (Å²) in [5.41, 5.74) is 0.469. The predicted molar refractivity (Wildman–Crippen MR) is 161 cm³/mol. The summed E-state index contributed by atoms with van der Waals surface area (Å²) in [4.78, 5) is 49.6. The van der Waals surface area contributed by atoms with Crippen LogP contribution >= 0.6 is 0 Å². The van der Waals surface area contributed by atoms with Gasteiger partial charge in [0.15, 0.2) is 0 Å². The van der Waals surface area contributed by atoms with Gasteiger partial charge in [0.25, 0.3) is 0 Å². The molecule has 10 rings (SSSR count). The van der Waals surface area contributed by atoms with Crippen molar-refractivity contribution in [2.75, 3.05) is 0 Å². The van der Waals surface area contributed by atoms with Crippen LogP contribution in [0.25, 0.3) is 0 Å². The molecule has 0 amide bonds. The van der Waals surface area contributed by atoms with Crippen molar-refractivity contribution in [3.8, 4) is 0 Å². The Hall–Kier alpha value is -1.88. The van der Waals surface area contributed by atoms with Crippen LogP contribution in [0.2, 0.25) is 0 Å². The van der Waals surface area contributed by atoms with Crippen LogP contribution in [-0.2, 0) is 47.6 Å². The van der Waals surface area contributed by atoms with E-state index in [-0.39, 0.29) is 65.1 Å². The molecule has 6 aliphatic carbocycles. The van der Waals surface area contributed by atoms with Gasteiger partial charge in [-0.25, -0.2) is 0 Å². The topological polar surface area (TPSA) is 124 Å². The van der Waals surface area contributed by atoms with Crippen LogP contribution in [-0.4, -0.2) is 72.7 Å². The van der Waals surface area contributed by atoms with E-state index < -0.39 is 47.5 Å². The van der Waals surface area contributed by atoms with Gasteiger partial charge in [0, 0.05) is 0 Å². The Morgan fingerprint density at radius 2 is 0.660 bits per heavy atom. The Kier molecular flexibility index (Phi) is 6.17. The van der Waals surface area contributed by atoms with E-state index in [1.165, 1.54) is 12.8 Å². The summed E-state index contributed by atoms with van der Waals surface area (Å²) in [6, 6.07) is 0. The van der Waals surface area contributed by atoms with E-state index in [1.807, 2.05) is 0 Å². The van der Waals surface area contributed by atoms with Crippen molar-refractivity contribution < 1.29 is 47.6 Å². The van der Waals surface area contributed by atoms with Gasteiger partial charge < -0.3 is 28.4 Å². The zero-order chi connectivity index (χ0) is 32.4. The lowest BCUT2D eigenvalue weighted by atomic mass is 9.59. The minimum Gasteiger partial charge on any atom is -0.393 e. The second kappa shape index (κ2) is 9.67. The molecule has 0 N–H and O–H groups in total. The van der Waals surface area contributed by atoms with Gasteiger partial charge in [-0.3, -0.25) is 19.2 Å². The molecule has 0 aromatic heterocycles. The Bertz CT molecular complexity index is 1330. The van der Waals surface area contributed by atoms with Crippen molar-refractivity contribution >= 4 is 23.9 Å². The molecule has 0 aromatic carbocycles. The van der Waals surface area contributed by atoms with E-state index in [0.29, 0.717) is 49.4 Å². The van der Waals surface area contributed by atoms with Crippen molar-refractivity contribution in [2.24, 2.45) is 63.6 Å². The summed E-state index contributed by atoms with van der Waals surface area (Å²) in [5, 5.41) is 0. The molecular formula is C37H48O10. The number of carbonyl (C=O) groups is 4. The second-order valence-corrected chi connectivity index (χ2v) is 18.6. The molecule has 1 spiro atoms. The van der Waals surface area contributed by atoms with Crippen LogP contribution in [0.1, 0.15) is 91.9 Å². The van der Waals surface area contributed by atoms with Crippen molar-refractivity contribution in [2.45, 2.75) is 141 Å². The highest BCUT2D eigenvalue weighted by Gasteiger charge is 2.71. The van der Waals surface area contributed by atoms with E-state index in [2.05, 4.69) is 27.7 Å². The molecule has 10 heteroatoms. The molecule has 4 aliphatic heterocycles. The van der Waals surface area contributed by atoms with Crippen molar-refractivity contribution in [1.82, 2.24) is 0 Å². The molecule has 16 unspecified atom stereocenters. The van der Waals surface area contributed by atoms with Crippen LogP contribution in [0.5, 0.6) is 0 Å². The highest BCUT2D eigenvalue weighted by atomic mass is 16.6. The lowest BCUT2D eigenvalue weighted by molar-refractivity contribution is -0.266. The SMILES string of the molecule is CC1(C)CC2(CC(C)(C)C3CC4OC5CC6C(=O)OC(=O)C6CC5OC4CC32)C2CC3OC4CC5C(=O)OC(=O)C5CC4OC3CC21. The van der Waals surface area contributed by atoms with Crippen molar-refractivity contribution in [3.63, 3.8) is 0 Å². The monoisotopic (exact) mass is 652 g/mol. The molecule has 10 aliphatic rings. The molecule has 4 saturated heterocycles. The van der Waals surface area contributed by atoms with E-state index in [9.17, 15) is 19.2 Å². The lowest BCUT2D eigenvalue weighted by Gasteiger charge is -2.54. The van der Waals surface area contributed by atoms with Gasteiger partial charge in [-0.2, -0.15) is 0 Å². The first kappa shape index (κ1) is 30.0. The minimum atomic E-state index is -0.407. The number of fused-ring (bicyclic) bond motifs is 10. The number of ether oxygens (including phenoxy) is 6. The number of hydrogen-bond donors (Lipinski definition) is 0. The van der Waals surface area contributed by atoms with Gasteiger partial charge in [-0.1, -0.05) is 27.7 Å². The van der Waals surface area contributed by atoms with E-state index >= 15 is 0 Å². The first-order valence-corrected chi connectivity index (χ1v) is 18.4. The van der Waals surface area contributed by atoms with Crippen LogP contribution in [0.4, 0.5) is 0 Å². The van der Waals surface area contributed by atoms with Gasteiger partial charge in [0.1, 0.15) is 0 Å². The predicted octanol–water partition coefficient (Wildman–Crippen LogP) is 4.15. The fourth-order valence-electron chi connectivity index (χ4n) is 13.9. The van der Waals surface area contributed by atoms with Gasteiger partial charge in [-0.05, 0) is 104 Å². The van der Waals surface area contributed by atoms with Crippen LogP contribution < -0.4 is 0 Å². The van der Waals surface area contributed by atoms with Gasteiger partial charge in [0.05, 0.1) is 72.5 Å². The summed E-state index contributed by atoms with van der Waals surface area (Å²) in [7, 11) is 0. The van der Waals surface area contributed by atoms with E-state index in [1.54, 1.807) is 0 Å². The molecule has 47 heavy (non-hydrogen) atoms. The third kappa shape index (κ3) is 4.10. The zero-order valence-electron chi connectivity index (χ0n) is 27.9. The van der Waals surface area contributed by atoms with Crippen molar-refractivity contribution in [3.05, 3.63) is 0 Å². The number of rotatable bonds is 0. The molecular weight excluding hydrogens is 604 g/mol. The molecule has 10 nitrogen and oxygen atoms in total. The second-order valence-electron chi connectivity index (χ2n) is 18.6. The summed E-state index contributed by atoms with van der Waals surface area (Å²) >= 11 is 0. The van der Waals surface area contributed by atoms with E-state index in [4.69, 9.17) is 28.4 Å². The lowest BCUT2D eigenvalue weighted by Crippen LogP contribution is -2.59. The average molecular weight is 653 g/mol. The standard InChI is InChI=1S/C37H48O10/c1-35(2)13-37(21-11-29-27(9-19(21)35)42-23-5-15-17(7-25(23)44-29)33(40)46-31(15)38)14-36(3,4)20-10-28-30(12-22(20)37)45-26-8-18-16(6-24(26)43-28)32(39)47-34(18)41/h15-30H,5-14H2,1-4H3. The Morgan fingerprint density at radius 3 is 0.957 bits per heavy atom. The Balaban J connectivity index is 0.914. The average Bonchev–Trinajstić information content (AvgIpc) is 3.61. The fraction of sp³-hybridized carbons (Fsp3) is 0.892. The quantitative estimate of drug-likeness (QED) is 0.279. The van der Waals surface area contributed by atoms with Gasteiger partial charge in [-0.15, -0.1) is 0 Å². The first-order chi connectivity index (χ1) is 22.3. The molecule has 16 atom stereocenters. The number of cyclic esters (lactones) is 4. The molecule has 0 bridgehead atoms. The van der Waals surface area contributed by atoms with Crippen LogP contribution in [0.15, 0.2) is 0 Å². The molecule has 4 heterocycles. The Labute approximate surface area is 275 Å². The summed E-state index contributed by atoms with van der Waals surface area (Å²) in [5.74, 6) is -1.16. The summed E-state index contributed by atoms with van der Waals surface area (Å²) in [6.45, 7) is 9.87. The maximum Gasteiger partial charge on any atom is 0.317 e. The normalized spacial score (nSPS) is 56.3. The molecule has 256 valence electrons. The van der Waals surface area contributed by atoms with Gasteiger partial charge in [0.2, 0.25) is 0 Å². The molecule has 0 aromatic rings. The largest absolute Gasteiger partial charge is 0.393 e.